The molecule has 0 radical (unpaired) electrons. The molecule has 1 aliphatic rings. The Morgan fingerprint density at radius 1 is 1.09 bits per heavy atom. The highest BCUT2D eigenvalue weighted by Gasteiger charge is 2.34. The first-order chi connectivity index (χ1) is 16.5. The van der Waals surface area contributed by atoms with Crippen molar-refractivity contribution in [2.24, 2.45) is 7.05 Å². The van der Waals surface area contributed by atoms with Crippen LogP contribution in [-0.2, 0) is 7.05 Å². The fraction of sp³-hybridized carbons (Fsp3) is 0.464. The van der Waals surface area contributed by atoms with Crippen LogP contribution in [0, 0.1) is 6.57 Å². The maximum atomic E-state index is 12.7. The zero-order chi connectivity index (χ0) is 25.5. The van der Waals surface area contributed by atoms with Gasteiger partial charge in [0.1, 0.15) is 11.4 Å². The van der Waals surface area contributed by atoms with Gasteiger partial charge in [-0.2, -0.15) is 0 Å². The first-order valence-electron chi connectivity index (χ1n) is 12.2. The van der Waals surface area contributed by atoms with Gasteiger partial charge in [-0.1, -0.05) is 18.7 Å². The van der Waals surface area contributed by atoms with Crippen molar-refractivity contribution in [1.82, 2.24) is 14.5 Å². The van der Waals surface area contributed by atoms with Crippen LogP contribution in [0.5, 0.6) is 5.75 Å². The van der Waals surface area contributed by atoms with Crippen LogP contribution in [0.2, 0.25) is 0 Å². The fourth-order valence-electron chi connectivity index (χ4n) is 4.97. The van der Waals surface area contributed by atoms with Crippen LogP contribution in [0.4, 0.5) is 11.5 Å². The number of aromatic nitrogens is 2. The minimum atomic E-state index is -0.222. The summed E-state index contributed by atoms with van der Waals surface area (Å²) in [5.41, 5.74) is 3.22. The molecule has 1 aromatic carbocycles. The number of ether oxygens (including phenoxy) is 1. The molecule has 1 aliphatic heterocycles. The molecule has 0 saturated carbocycles. The Labute approximate surface area is 207 Å². The lowest BCUT2D eigenvalue weighted by Crippen LogP contribution is -2.57. The summed E-state index contributed by atoms with van der Waals surface area (Å²) in [7, 11) is 1.75. The average Bonchev–Trinajstić information content (AvgIpc) is 2.81. The van der Waals surface area contributed by atoms with Crippen molar-refractivity contribution < 1.29 is 4.74 Å². The monoisotopic (exact) mass is 473 g/mol. The van der Waals surface area contributed by atoms with Gasteiger partial charge in [0.05, 0.1) is 11.2 Å². The summed E-state index contributed by atoms with van der Waals surface area (Å²) < 4.78 is 7.58. The molecule has 3 aromatic rings. The van der Waals surface area contributed by atoms with Crippen LogP contribution in [0.3, 0.4) is 0 Å². The van der Waals surface area contributed by atoms with Crippen molar-refractivity contribution in [1.29, 1.82) is 0 Å². The predicted octanol–water partition coefficient (Wildman–Crippen LogP) is 5.32. The summed E-state index contributed by atoms with van der Waals surface area (Å²) in [6, 6.07) is 14.2. The quantitative estimate of drug-likeness (QED) is 0.480. The Bertz CT molecular complexity index is 1320. The van der Waals surface area contributed by atoms with Crippen LogP contribution in [0.15, 0.2) is 47.3 Å². The van der Waals surface area contributed by atoms with E-state index in [-0.39, 0.29) is 29.3 Å². The molecule has 2 aromatic heterocycles. The van der Waals surface area contributed by atoms with E-state index in [1.165, 1.54) is 5.56 Å². The van der Waals surface area contributed by atoms with E-state index in [2.05, 4.69) is 73.3 Å². The summed E-state index contributed by atoms with van der Waals surface area (Å²) in [5, 5.41) is 0. The number of fused-ring (bicyclic) bond motifs is 1. The Balaban J connectivity index is 1.60. The highest BCUT2D eigenvalue weighted by molar-refractivity contribution is 5.89. The summed E-state index contributed by atoms with van der Waals surface area (Å²) in [4.78, 5) is 25.6. The molecular formula is C28H35N5O2. The first kappa shape index (κ1) is 24.7. The zero-order valence-corrected chi connectivity index (χ0v) is 21.7. The van der Waals surface area contributed by atoms with Gasteiger partial charge >= 0.3 is 0 Å². The van der Waals surface area contributed by atoms with Crippen LogP contribution >= 0.6 is 0 Å². The van der Waals surface area contributed by atoms with E-state index < -0.39 is 0 Å². The molecule has 3 heterocycles. The molecule has 1 unspecified atom stereocenters. The number of nitrogens with zero attached hydrogens (tertiary/aromatic N) is 5. The van der Waals surface area contributed by atoms with Crippen molar-refractivity contribution in [2.45, 2.75) is 65.3 Å². The number of hydrogen-bond donors (Lipinski definition) is 0. The smallest absolute Gasteiger partial charge is 0.270 e. The number of rotatable bonds is 4. The van der Waals surface area contributed by atoms with Gasteiger partial charge in [-0.25, -0.2) is 0 Å². The molecule has 1 saturated heterocycles. The topological polar surface area (TPSA) is 55.0 Å². The molecule has 0 N–H and O–H groups in total. The van der Waals surface area contributed by atoms with Gasteiger partial charge < -0.3 is 19.0 Å². The minimum absolute atomic E-state index is 0.0712. The van der Waals surface area contributed by atoms with Crippen LogP contribution in [0.1, 0.15) is 53.1 Å². The Morgan fingerprint density at radius 2 is 1.77 bits per heavy atom. The van der Waals surface area contributed by atoms with Crippen molar-refractivity contribution in [2.75, 3.05) is 18.0 Å². The van der Waals surface area contributed by atoms with Crippen LogP contribution in [-0.4, -0.2) is 45.2 Å². The average molecular weight is 474 g/mol. The first-order valence-corrected chi connectivity index (χ1v) is 12.2. The largest absolute Gasteiger partial charge is 0.488 e. The molecule has 0 aliphatic carbocycles. The van der Waals surface area contributed by atoms with E-state index in [4.69, 9.17) is 11.3 Å². The number of hydrogen-bond acceptors (Lipinski definition) is 5. The Hall–Kier alpha value is -3.37. The molecule has 0 amide bonds. The molecule has 7 nitrogen and oxygen atoms in total. The summed E-state index contributed by atoms with van der Waals surface area (Å²) in [6.07, 6.45) is 0. The van der Waals surface area contributed by atoms with Gasteiger partial charge in [-0.15, -0.1) is 4.98 Å². The lowest BCUT2D eigenvalue weighted by Gasteiger charge is -2.47. The Kier molecular flexibility index (Phi) is 6.61. The zero-order valence-electron chi connectivity index (χ0n) is 21.7. The van der Waals surface area contributed by atoms with Gasteiger partial charge in [0.2, 0.25) is 5.52 Å². The van der Waals surface area contributed by atoms with E-state index in [0.29, 0.717) is 11.3 Å². The van der Waals surface area contributed by atoms with Crippen molar-refractivity contribution >= 4 is 22.5 Å². The molecule has 0 spiro atoms. The maximum Gasteiger partial charge on any atom is 0.270 e. The maximum absolute atomic E-state index is 12.7. The molecule has 184 valence electrons. The number of aryl methyl sites for hydroxylation is 1. The van der Waals surface area contributed by atoms with Gasteiger partial charge in [-0.3, -0.25) is 9.69 Å². The van der Waals surface area contributed by atoms with Gasteiger partial charge in [0, 0.05) is 44.3 Å². The second-order valence-corrected chi connectivity index (χ2v) is 10.6. The van der Waals surface area contributed by atoms with E-state index in [9.17, 15) is 4.79 Å². The van der Waals surface area contributed by atoms with Gasteiger partial charge in [-0.05, 0) is 71.4 Å². The highest BCUT2D eigenvalue weighted by atomic mass is 16.5. The van der Waals surface area contributed by atoms with E-state index in [0.717, 1.165) is 30.0 Å². The van der Waals surface area contributed by atoms with Gasteiger partial charge in [0.25, 0.3) is 11.4 Å². The third-order valence-corrected chi connectivity index (χ3v) is 6.80. The summed E-state index contributed by atoms with van der Waals surface area (Å²) in [5.74, 6) is 1.22. The third kappa shape index (κ3) is 5.03. The van der Waals surface area contributed by atoms with Crippen molar-refractivity contribution in [3.8, 4) is 5.75 Å². The van der Waals surface area contributed by atoms with Crippen molar-refractivity contribution in [3.05, 3.63) is 69.8 Å². The van der Waals surface area contributed by atoms with Crippen LogP contribution < -0.4 is 15.2 Å². The van der Waals surface area contributed by atoms with E-state index in [1.807, 2.05) is 18.2 Å². The van der Waals surface area contributed by atoms with Crippen LogP contribution in [0.25, 0.3) is 15.9 Å². The third-order valence-electron chi connectivity index (χ3n) is 6.80. The predicted molar refractivity (Wildman–Crippen MR) is 141 cm³/mol. The lowest BCUT2D eigenvalue weighted by atomic mass is 10.00. The standard InChI is InChI=1S/C28H35N5O2/c1-18-17-33(24-15-26(34)31(8)23-13-14-25(29-7)30-27(23)24)19(2)16-32(18)20(3)21-9-11-22(12-10-21)35-28(4,5)6/h9-15,18-20H,16-17H2,1-6,8H3/t18-,19+,20?/m1/s1. The number of benzene rings is 1. The van der Waals surface area contributed by atoms with E-state index >= 15 is 0 Å². The minimum Gasteiger partial charge on any atom is -0.488 e. The molecule has 3 atom stereocenters. The number of anilines is 1. The normalized spacial score (nSPS) is 20.0. The number of pyridine rings is 2. The molecule has 35 heavy (non-hydrogen) atoms. The molecule has 4 rings (SSSR count). The Morgan fingerprint density at radius 3 is 2.40 bits per heavy atom. The van der Waals surface area contributed by atoms with E-state index in [1.54, 1.807) is 23.7 Å². The molecular weight excluding hydrogens is 438 g/mol. The van der Waals surface area contributed by atoms with Crippen molar-refractivity contribution in [3.63, 3.8) is 0 Å². The highest BCUT2D eigenvalue weighted by Crippen LogP contribution is 2.33. The SMILES string of the molecule is [C-]#[N+]c1ccc2c(n1)c(N1C[C@@H](C)N(C(C)c3ccc(OC(C)(C)C)cc3)C[C@@H]1C)cc(=O)n2C. The fourth-order valence-corrected chi connectivity index (χ4v) is 4.97. The lowest BCUT2D eigenvalue weighted by molar-refractivity contribution is 0.119. The summed E-state index contributed by atoms with van der Waals surface area (Å²) >= 11 is 0. The molecule has 1 fully saturated rings. The molecule has 0 bridgehead atoms. The van der Waals surface area contributed by atoms with Gasteiger partial charge in [0.15, 0.2) is 0 Å². The molecule has 7 heteroatoms. The summed E-state index contributed by atoms with van der Waals surface area (Å²) in [6.45, 7) is 21.8. The number of piperazine rings is 1. The second kappa shape index (κ2) is 9.35. The second-order valence-electron chi connectivity index (χ2n) is 10.6.